The van der Waals surface area contributed by atoms with Crippen molar-refractivity contribution < 1.29 is 33.7 Å². The number of hydrogen-bond acceptors (Lipinski definition) is 7. The van der Waals surface area contributed by atoms with Crippen molar-refractivity contribution in [3.05, 3.63) is 60.7 Å². The second kappa shape index (κ2) is 11.9. The number of aliphatic hydroxyl groups is 1. The minimum atomic E-state index is -2.45. The summed E-state index contributed by atoms with van der Waals surface area (Å²) in [5.41, 5.74) is 0.591. The summed E-state index contributed by atoms with van der Waals surface area (Å²) in [6.07, 6.45) is 2.47. The van der Waals surface area contributed by atoms with Crippen LogP contribution in [0.4, 0.5) is 16.2 Å². The number of likely N-dealkylation sites (tertiary alicyclic amines) is 1. The quantitative estimate of drug-likeness (QED) is 0.331. The summed E-state index contributed by atoms with van der Waals surface area (Å²) in [4.78, 5) is 46.2. The van der Waals surface area contributed by atoms with Crippen molar-refractivity contribution in [3.8, 4) is 5.75 Å². The topological polar surface area (TPSA) is 109 Å². The number of methoxy groups -OCH3 is 1. The molecule has 4 aliphatic rings. The molecule has 0 aromatic heterocycles. The Kier molecular flexibility index (Phi) is 8.30. The van der Waals surface area contributed by atoms with E-state index in [-0.39, 0.29) is 42.3 Å². The fraction of sp³-hybridized carbons (Fsp3) is 0.500. The van der Waals surface area contributed by atoms with E-state index in [1.807, 2.05) is 30.3 Å². The van der Waals surface area contributed by atoms with E-state index in [1.165, 1.54) is 5.19 Å². The molecule has 2 aromatic rings. The summed E-state index contributed by atoms with van der Waals surface area (Å²) >= 11 is 0. The van der Waals surface area contributed by atoms with E-state index in [2.05, 4.69) is 38.7 Å². The second-order valence-electron chi connectivity index (χ2n) is 13.1. The predicted molar refractivity (Wildman–Crippen MR) is 174 cm³/mol. The smallest absolute Gasteiger partial charge is 0.414 e. The summed E-state index contributed by atoms with van der Waals surface area (Å²) in [6, 6.07) is 13.5. The molecule has 3 saturated heterocycles. The van der Waals surface area contributed by atoms with Gasteiger partial charge in [-0.1, -0.05) is 43.4 Å². The SMILES string of the molecule is C=CCN1C(=O)[C@]2(O[C@H](CC(=O)N3CCC[C@H]3CO)[C@@H]([Si](C)(C)c3ccc(OC)cc3)[C@@H]2C)c2cc(N3CCOC3=O)ccc21. The molecule has 10 nitrogen and oxygen atoms in total. The van der Waals surface area contributed by atoms with Crippen molar-refractivity contribution in [2.75, 3.05) is 49.8 Å². The van der Waals surface area contributed by atoms with Gasteiger partial charge in [0.2, 0.25) is 5.91 Å². The van der Waals surface area contributed by atoms with Gasteiger partial charge < -0.3 is 29.1 Å². The Labute approximate surface area is 265 Å². The summed E-state index contributed by atoms with van der Waals surface area (Å²) < 4.78 is 17.7. The first-order valence-electron chi connectivity index (χ1n) is 15.8. The largest absolute Gasteiger partial charge is 0.497 e. The maximum absolute atomic E-state index is 14.7. The molecule has 0 unspecified atom stereocenters. The van der Waals surface area contributed by atoms with Crippen molar-refractivity contribution in [1.82, 2.24) is 4.90 Å². The van der Waals surface area contributed by atoms with Crippen molar-refractivity contribution in [2.45, 2.75) is 62.6 Å². The minimum absolute atomic E-state index is 0.0625. The van der Waals surface area contributed by atoms with Crippen LogP contribution < -0.4 is 19.7 Å². The molecular weight excluding hydrogens is 590 g/mol. The number of aliphatic hydroxyl groups excluding tert-OH is 1. The number of anilines is 2. The number of hydrogen-bond donors (Lipinski definition) is 1. The first-order valence-corrected chi connectivity index (χ1v) is 18.9. The maximum Gasteiger partial charge on any atom is 0.414 e. The number of ether oxygens (including phenoxy) is 3. The number of benzene rings is 2. The maximum atomic E-state index is 14.7. The Morgan fingerprint density at radius 2 is 1.93 bits per heavy atom. The van der Waals surface area contributed by atoms with Crippen LogP contribution in [-0.2, 0) is 24.7 Å². The zero-order chi connectivity index (χ0) is 32.1. The number of cyclic esters (lactones) is 1. The zero-order valence-electron chi connectivity index (χ0n) is 26.5. The van der Waals surface area contributed by atoms with E-state index >= 15 is 0 Å². The molecule has 11 heteroatoms. The lowest BCUT2D eigenvalue weighted by Gasteiger charge is -2.37. The number of amides is 3. The van der Waals surface area contributed by atoms with E-state index in [0.29, 0.717) is 37.5 Å². The molecule has 4 heterocycles. The Hall–Kier alpha value is -3.67. The second-order valence-corrected chi connectivity index (χ2v) is 17.8. The van der Waals surface area contributed by atoms with Gasteiger partial charge in [0.25, 0.3) is 5.91 Å². The highest BCUT2D eigenvalue weighted by atomic mass is 28.3. The number of carbonyl (C=O) groups is 3. The fourth-order valence-corrected chi connectivity index (χ4v) is 12.3. The molecule has 0 aliphatic carbocycles. The van der Waals surface area contributed by atoms with Gasteiger partial charge in [-0.25, -0.2) is 4.79 Å². The molecule has 240 valence electrons. The third-order valence-electron chi connectivity index (χ3n) is 10.5. The normalized spacial score (nSPS) is 27.8. The van der Waals surface area contributed by atoms with Crippen LogP contribution in [0.15, 0.2) is 55.1 Å². The van der Waals surface area contributed by atoms with Gasteiger partial charge >= 0.3 is 6.09 Å². The first-order chi connectivity index (χ1) is 21.6. The summed E-state index contributed by atoms with van der Waals surface area (Å²) in [5, 5.41) is 11.1. The van der Waals surface area contributed by atoms with E-state index in [0.717, 1.165) is 24.3 Å². The molecule has 4 aliphatic heterocycles. The highest BCUT2D eigenvalue weighted by molar-refractivity contribution is 6.91. The molecule has 2 aromatic carbocycles. The molecule has 5 atom stereocenters. The highest BCUT2D eigenvalue weighted by Gasteiger charge is 2.66. The first kappa shape index (κ1) is 31.3. The number of nitrogens with zero attached hydrogens (tertiary/aromatic N) is 3. The summed E-state index contributed by atoms with van der Waals surface area (Å²) in [7, 11) is -0.810. The van der Waals surface area contributed by atoms with E-state index in [1.54, 1.807) is 27.9 Å². The molecular formula is C34H43N3O7Si. The zero-order valence-corrected chi connectivity index (χ0v) is 27.5. The number of carbonyl (C=O) groups excluding carboxylic acids is 3. The minimum Gasteiger partial charge on any atom is -0.497 e. The fourth-order valence-electron chi connectivity index (χ4n) is 8.25. The van der Waals surface area contributed by atoms with Crippen LogP contribution in [0.25, 0.3) is 0 Å². The Bertz CT molecular complexity index is 1500. The van der Waals surface area contributed by atoms with Gasteiger partial charge in [0, 0.05) is 30.3 Å². The number of rotatable bonds is 9. The van der Waals surface area contributed by atoms with Crippen molar-refractivity contribution in [3.63, 3.8) is 0 Å². The standard InChI is InChI=1S/C34H43N3O7Si/c1-6-15-37-28-14-9-23(36-17-18-43-33(36)41)19-27(28)34(32(37)40)22(2)31(45(4,5)26-12-10-25(42-3)11-13-26)29(44-34)20-30(39)35-16-7-8-24(35)21-38/h6,9-14,19,22,24,29,31,38H,1,7-8,15-18,20-21H2,2-5H3/t22-,24-,29+,31-,34+/m0/s1. The van der Waals surface area contributed by atoms with Crippen LogP contribution in [0.1, 0.15) is 31.7 Å². The molecule has 0 radical (unpaired) electrons. The molecule has 1 N–H and O–H groups in total. The van der Waals surface area contributed by atoms with Gasteiger partial charge in [0.1, 0.15) is 12.4 Å². The van der Waals surface area contributed by atoms with Crippen LogP contribution in [-0.4, -0.2) is 88.1 Å². The Morgan fingerprint density at radius 3 is 2.58 bits per heavy atom. The van der Waals surface area contributed by atoms with Gasteiger partial charge in [-0.15, -0.1) is 6.58 Å². The lowest BCUT2D eigenvalue weighted by atomic mass is 9.82. The molecule has 3 fully saturated rings. The van der Waals surface area contributed by atoms with Gasteiger partial charge in [-0.05, 0) is 48.7 Å². The molecule has 0 saturated carbocycles. The third kappa shape index (κ3) is 4.96. The van der Waals surface area contributed by atoms with Crippen LogP contribution in [0, 0.1) is 5.92 Å². The highest BCUT2D eigenvalue weighted by Crippen LogP contribution is 2.60. The summed E-state index contributed by atoms with van der Waals surface area (Å²) in [5.74, 6) is 0.222. The molecule has 0 bridgehead atoms. The average molecular weight is 634 g/mol. The predicted octanol–water partition coefficient (Wildman–Crippen LogP) is 3.77. The van der Waals surface area contributed by atoms with Crippen molar-refractivity contribution >= 4 is 42.5 Å². The number of fused-ring (bicyclic) bond motifs is 2. The Morgan fingerprint density at radius 1 is 1.18 bits per heavy atom. The van der Waals surface area contributed by atoms with Crippen LogP contribution in [0.5, 0.6) is 5.75 Å². The van der Waals surface area contributed by atoms with Crippen LogP contribution >= 0.6 is 0 Å². The van der Waals surface area contributed by atoms with Crippen molar-refractivity contribution in [1.29, 1.82) is 0 Å². The molecule has 6 rings (SSSR count). The van der Waals surface area contributed by atoms with Gasteiger partial charge in [0.15, 0.2) is 5.60 Å². The van der Waals surface area contributed by atoms with Crippen LogP contribution in [0.3, 0.4) is 0 Å². The van der Waals surface area contributed by atoms with Crippen LogP contribution in [0.2, 0.25) is 18.6 Å². The van der Waals surface area contributed by atoms with Gasteiger partial charge in [-0.2, -0.15) is 0 Å². The molecule has 1 spiro atoms. The Balaban J connectivity index is 1.47. The third-order valence-corrected chi connectivity index (χ3v) is 14.8. The van der Waals surface area contributed by atoms with Gasteiger partial charge in [0.05, 0.1) is 52.6 Å². The lowest BCUT2D eigenvalue weighted by molar-refractivity contribution is -0.149. The van der Waals surface area contributed by atoms with E-state index in [4.69, 9.17) is 14.2 Å². The monoisotopic (exact) mass is 633 g/mol. The molecule has 45 heavy (non-hydrogen) atoms. The van der Waals surface area contributed by atoms with Crippen molar-refractivity contribution in [2.24, 2.45) is 5.92 Å². The van der Waals surface area contributed by atoms with Gasteiger partial charge in [-0.3, -0.25) is 14.5 Å². The van der Waals surface area contributed by atoms with E-state index in [9.17, 15) is 19.5 Å². The lowest BCUT2D eigenvalue weighted by Crippen LogP contribution is -2.52. The summed E-state index contributed by atoms with van der Waals surface area (Å²) in [6.45, 7) is 12.1. The average Bonchev–Trinajstić information content (AvgIpc) is 3.80. The molecule has 3 amide bonds. The van der Waals surface area contributed by atoms with E-state index < -0.39 is 25.9 Å².